The Balaban J connectivity index is 1.01. The predicted octanol–water partition coefficient (Wildman–Crippen LogP) is 7.67. The van der Waals surface area contributed by atoms with E-state index in [4.69, 9.17) is 9.57 Å². The maximum Gasteiger partial charge on any atom is 0.354 e. The number of ether oxygens (including phenoxy) is 1. The first kappa shape index (κ1) is 34.3. The number of hydrogen-bond donors (Lipinski definition) is 0. The number of allylic oxidation sites excluding steroid dienone is 4. The molecule has 8 heteroatoms. The van der Waals surface area contributed by atoms with Crippen LogP contribution in [-0.4, -0.2) is 48.0 Å². The lowest BCUT2D eigenvalue weighted by Gasteiger charge is -2.70. The monoisotopic (exact) mass is 686 g/mol. The molecule has 0 unspecified atom stereocenters. The van der Waals surface area contributed by atoms with E-state index in [9.17, 15) is 19.2 Å². The molecule has 0 radical (unpaired) electrons. The second-order valence-corrected chi connectivity index (χ2v) is 19.8. The summed E-state index contributed by atoms with van der Waals surface area (Å²) in [5.74, 6) is -0.466. The van der Waals surface area contributed by atoms with E-state index in [0.29, 0.717) is 11.8 Å². The molecule has 2 bridgehead atoms. The fourth-order valence-electron chi connectivity index (χ4n) is 14.2. The van der Waals surface area contributed by atoms with Gasteiger partial charge in [0.15, 0.2) is 0 Å². The summed E-state index contributed by atoms with van der Waals surface area (Å²) in [6, 6.07) is 0. The summed E-state index contributed by atoms with van der Waals surface area (Å²) in [6.45, 7) is 16.5. The highest BCUT2D eigenvalue weighted by atomic mass is 16.7. The Bertz CT molecular complexity index is 1610. The number of rotatable bonds is 4. The molecule has 8 rings (SSSR count). The molecule has 0 aromatic rings. The van der Waals surface area contributed by atoms with Crippen LogP contribution in [0.3, 0.4) is 0 Å². The number of esters is 1. The van der Waals surface area contributed by atoms with Crippen molar-refractivity contribution in [3.05, 3.63) is 23.8 Å². The normalized spacial score (nSPS) is 47.1. The number of fused-ring (bicyclic) bond motifs is 12. The van der Waals surface area contributed by atoms with Gasteiger partial charge in [0, 0.05) is 5.41 Å². The Hall–Kier alpha value is -2.77. The Labute approximate surface area is 298 Å². The van der Waals surface area contributed by atoms with Crippen LogP contribution in [0, 0.1) is 73.9 Å². The number of hydrogen-bond acceptors (Lipinski definition) is 7. The molecule has 50 heavy (non-hydrogen) atoms. The van der Waals surface area contributed by atoms with Gasteiger partial charge in [-0.25, -0.2) is 4.79 Å². The van der Waals surface area contributed by atoms with Crippen molar-refractivity contribution in [2.24, 2.45) is 79.1 Å². The van der Waals surface area contributed by atoms with Crippen molar-refractivity contribution >= 4 is 29.5 Å². The van der Waals surface area contributed by atoms with E-state index in [2.05, 4.69) is 71.8 Å². The number of nitrogens with zero attached hydrogens (tertiary/aromatic N) is 2. The summed E-state index contributed by atoms with van der Waals surface area (Å²) in [6.07, 6.45) is 17.4. The van der Waals surface area contributed by atoms with Crippen LogP contribution in [0.4, 0.5) is 0 Å². The molecule has 7 aliphatic carbocycles. The maximum absolute atomic E-state index is 13.6. The molecule has 11 atom stereocenters. The first-order chi connectivity index (χ1) is 23.4. The fraction of sp³-hybridized carbons (Fsp3) is 0.786. The summed E-state index contributed by atoms with van der Waals surface area (Å²) >= 11 is 0. The number of oxime groups is 1. The van der Waals surface area contributed by atoms with Crippen LogP contribution in [0.2, 0.25) is 0 Å². The second-order valence-electron chi connectivity index (χ2n) is 19.8. The summed E-state index contributed by atoms with van der Waals surface area (Å²) in [5.41, 5.74) is 2.16. The van der Waals surface area contributed by atoms with E-state index in [0.717, 1.165) is 81.2 Å². The average Bonchev–Trinajstić information content (AvgIpc) is 3.74. The van der Waals surface area contributed by atoms with E-state index >= 15 is 0 Å². The standard InChI is InChI=1S/C42H58N2O6/c1-37(2)17-19-42(36(48)49-8)20-18-40(6)26(27(42)22-37)11-12-29-39(5)15-14-30(38(3,4)28(39)13-16-41(29,40)7)43-50-31(45)23-44-34(46)32-24-9-10-25(21-24)33(32)35(44)47/h9-11,24-25,27-29,32-33H,12-23H2,1-8H3/b43-30-/t24-,25-,27+,28+,29+,32-,33+,39-,40+,41+,42-/m0/s1. The van der Waals surface area contributed by atoms with Gasteiger partial charge in [0.1, 0.15) is 6.54 Å². The Morgan fingerprint density at radius 1 is 0.880 bits per heavy atom. The van der Waals surface area contributed by atoms with Crippen LogP contribution >= 0.6 is 0 Å². The summed E-state index contributed by atoms with van der Waals surface area (Å²) in [5, 5.41) is 4.51. The number of carbonyl (C=O) groups excluding carboxylic acids is 4. The maximum atomic E-state index is 13.6. The van der Waals surface area contributed by atoms with E-state index in [-0.39, 0.29) is 81.0 Å². The molecule has 0 aromatic carbocycles. The molecule has 0 aromatic heterocycles. The third-order valence-electron chi connectivity index (χ3n) is 17.1. The van der Waals surface area contributed by atoms with Crippen molar-refractivity contribution in [2.45, 2.75) is 119 Å². The van der Waals surface area contributed by atoms with Gasteiger partial charge in [-0.05, 0) is 122 Å². The molecular formula is C42H58N2O6. The molecule has 0 spiro atoms. The molecule has 8 nitrogen and oxygen atoms in total. The van der Waals surface area contributed by atoms with Gasteiger partial charge in [0.2, 0.25) is 11.8 Å². The van der Waals surface area contributed by atoms with E-state index in [1.807, 2.05) is 0 Å². The molecule has 6 fully saturated rings. The van der Waals surface area contributed by atoms with Crippen LogP contribution in [0.1, 0.15) is 119 Å². The molecule has 2 amide bonds. The lowest BCUT2D eigenvalue weighted by molar-refractivity contribution is -0.181. The van der Waals surface area contributed by atoms with Crippen LogP contribution in [0.15, 0.2) is 29.0 Å². The van der Waals surface area contributed by atoms with Crippen LogP contribution < -0.4 is 0 Å². The molecule has 1 heterocycles. The van der Waals surface area contributed by atoms with Crippen molar-refractivity contribution in [3.63, 3.8) is 0 Å². The molecule has 8 aliphatic rings. The molecule has 272 valence electrons. The van der Waals surface area contributed by atoms with Crippen LogP contribution in [0.5, 0.6) is 0 Å². The van der Waals surface area contributed by atoms with Gasteiger partial charge in [0.25, 0.3) is 0 Å². The molecule has 0 N–H and O–H groups in total. The minimum atomic E-state index is -0.649. The number of carbonyl (C=O) groups is 4. The summed E-state index contributed by atoms with van der Waals surface area (Å²) in [7, 11) is 1.57. The van der Waals surface area contributed by atoms with Crippen molar-refractivity contribution in [1.82, 2.24) is 4.90 Å². The van der Waals surface area contributed by atoms with E-state index in [1.54, 1.807) is 7.11 Å². The summed E-state index contributed by atoms with van der Waals surface area (Å²) < 4.78 is 5.54. The third kappa shape index (κ3) is 4.37. The number of amides is 2. The zero-order valence-corrected chi connectivity index (χ0v) is 31.6. The number of imide groups is 1. The van der Waals surface area contributed by atoms with Gasteiger partial charge in [-0.3, -0.25) is 19.3 Å². The minimum Gasteiger partial charge on any atom is -0.469 e. The van der Waals surface area contributed by atoms with Crippen molar-refractivity contribution in [1.29, 1.82) is 0 Å². The highest BCUT2D eigenvalue weighted by Gasteiger charge is 2.69. The van der Waals surface area contributed by atoms with Gasteiger partial charge < -0.3 is 9.57 Å². The van der Waals surface area contributed by atoms with Crippen LogP contribution in [-0.2, 0) is 28.8 Å². The molecule has 1 saturated heterocycles. The third-order valence-corrected chi connectivity index (χ3v) is 17.1. The van der Waals surface area contributed by atoms with E-state index < -0.39 is 11.4 Å². The van der Waals surface area contributed by atoms with Gasteiger partial charge >= 0.3 is 11.9 Å². The average molecular weight is 687 g/mol. The van der Waals surface area contributed by atoms with Crippen molar-refractivity contribution in [2.75, 3.05) is 13.7 Å². The minimum absolute atomic E-state index is 0.00386. The molecule has 1 aliphatic heterocycles. The highest BCUT2D eigenvalue weighted by Crippen LogP contribution is 2.75. The summed E-state index contributed by atoms with van der Waals surface area (Å²) in [4.78, 5) is 59.6. The Kier molecular flexibility index (Phi) is 7.47. The van der Waals surface area contributed by atoms with Gasteiger partial charge in [-0.1, -0.05) is 77.4 Å². The number of likely N-dealkylation sites (tertiary alicyclic amines) is 1. The second kappa shape index (κ2) is 10.9. The Morgan fingerprint density at radius 2 is 1.54 bits per heavy atom. The lowest BCUT2D eigenvalue weighted by Crippen LogP contribution is -2.64. The SMILES string of the molecule is COC(=O)[C@]12CCC(C)(C)C[C@@H]1C1=CC[C@@H]3[C@@]4(C)CC/C(=N/OC(=O)CN5C(=O)[C@@H]6[C@H](C5=O)[C@H]5C=C[C@H]6C5)C(C)(C)[C@H]4CC[C@@]3(C)[C@]1(C)CC2. The topological polar surface area (TPSA) is 102 Å². The van der Waals surface area contributed by atoms with E-state index in [1.165, 1.54) is 5.57 Å². The zero-order chi connectivity index (χ0) is 35.8. The van der Waals surface area contributed by atoms with Crippen molar-refractivity contribution in [3.8, 4) is 0 Å². The lowest BCUT2D eigenvalue weighted by atomic mass is 9.33. The first-order valence-corrected chi connectivity index (χ1v) is 19.5. The Morgan fingerprint density at radius 3 is 2.20 bits per heavy atom. The molecule has 5 saturated carbocycles. The largest absolute Gasteiger partial charge is 0.469 e. The van der Waals surface area contributed by atoms with Gasteiger partial charge in [0.05, 0.1) is 30.1 Å². The molecular weight excluding hydrogens is 628 g/mol. The first-order valence-electron chi connectivity index (χ1n) is 19.5. The quantitative estimate of drug-likeness (QED) is 0.0989. The van der Waals surface area contributed by atoms with Crippen molar-refractivity contribution < 1.29 is 28.8 Å². The smallest absolute Gasteiger partial charge is 0.354 e. The van der Waals surface area contributed by atoms with Crippen LogP contribution in [0.25, 0.3) is 0 Å². The van der Waals surface area contributed by atoms with Gasteiger partial charge in [-0.2, -0.15) is 0 Å². The zero-order valence-electron chi connectivity index (χ0n) is 31.6. The fourth-order valence-corrected chi connectivity index (χ4v) is 14.2. The highest BCUT2D eigenvalue weighted by molar-refractivity contribution is 6.08. The predicted molar refractivity (Wildman–Crippen MR) is 189 cm³/mol. The number of methoxy groups -OCH3 is 1. The van der Waals surface area contributed by atoms with Gasteiger partial charge in [-0.15, -0.1) is 0 Å².